The number of carbonyl (C=O) groups is 2. The molecule has 9 nitrogen and oxygen atoms in total. The summed E-state index contributed by atoms with van der Waals surface area (Å²) in [6.45, 7) is 6.69. The fourth-order valence-electron chi connectivity index (χ4n) is 4.98. The van der Waals surface area contributed by atoms with Crippen LogP contribution in [-0.2, 0) is 11.2 Å². The summed E-state index contributed by atoms with van der Waals surface area (Å²) >= 11 is 6.38. The van der Waals surface area contributed by atoms with Gasteiger partial charge in [0, 0.05) is 43.2 Å². The van der Waals surface area contributed by atoms with Crippen LogP contribution >= 0.6 is 11.6 Å². The summed E-state index contributed by atoms with van der Waals surface area (Å²) in [6, 6.07) is 6.99. The standard InChI is InChI=1S/C30H32ClN5O4/c1-30(2,3)40-29(38)36-16-6-7-19(36)11-10-18-17-32-14-12-20(18)25-26(24-22(34-25)13-15-33-28(24)37)35-23-9-5-8-21(31)27(23)39-4/h5,8-9,12,14,17,19,34-35H,6-7,13,15-16H2,1-4H3,(H,33,37). The summed E-state index contributed by atoms with van der Waals surface area (Å²) < 4.78 is 11.1. The number of carbonyl (C=O) groups excluding carboxylic acids is 2. The molecule has 2 aliphatic heterocycles. The van der Waals surface area contributed by atoms with Gasteiger partial charge in [-0.1, -0.05) is 29.5 Å². The molecule has 0 bridgehead atoms. The Morgan fingerprint density at radius 2 is 2.10 bits per heavy atom. The zero-order chi connectivity index (χ0) is 28.4. The van der Waals surface area contributed by atoms with E-state index in [1.165, 1.54) is 0 Å². The predicted molar refractivity (Wildman–Crippen MR) is 154 cm³/mol. The second-order valence-electron chi connectivity index (χ2n) is 10.7. The number of hydrogen-bond acceptors (Lipinski definition) is 6. The number of para-hydroxylation sites is 1. The lowest BCUT2D eigenvalue weighted by Gasteiger charge is -2.26. The van der Waals surface area contributed by atoms with E-state index in [4.69, 9.17) is 21.1 Å². The third-order valence-corrected chi connectivity index (χ3v) is 7.04. The van der Waals surface area contributed by atoms with E-state index in [1.807, 2.05) is 39.0 Å². The highest BCUT2D eigenvalue weighted by molar-refractivity contribution is 6.32. The molecule has 1 saturated heterocycles. The number of H-pyrrole nitrogens is 1. The molecule has 5 rings (SSSR count). The SMILES string of the molecule is COc1c(Cl)cccc1Nc1c(-c2ccncc2C#CC2CCCN2C(=O)OC(C)(C)C)[nH]c2c1C(=O)NCC2. The molecule has 1 atom stereocenters. The van der Waals surface area contributed by atoms with Crippen molar-refractivity contribution >= 4 is 35.0 Å². The lowest BCUT2D eigenvalue weighted by molar-refractivity contribution is 0.0261. The number of anilines is 2. The topological polar surface area (TPSA) is 109 Å². The summed E-state index contributed by atoms with van der Waals surface area (Å²) in [7, 11) is 1.55. The average Bonchev–Trinajstić information content (AvgIpc) is 3.52. The van der Waals surface area contributed by atoms with Crippen molar-refractivity contribution in [2.75, 3.05) is 25.5 Å². The van der Waals surface area contributed by atoms with Gasteiger partial charge in [-0.2, -0.15) is 0 Å². The molecule has 1 unspecified atom stereocenters. The van der Waals surface area contributed by atoms with Crippen LogP contribution in [0.3, 0.4) is 0 Å². The third kappa shape index (κ3) is 5.58. The van der Waals surface area contributed by atoms with Crippen molar-refractivity contribution in [2.24, 2.45) is 0 Å². The molecule has 2 aromatic heterocycles. The number of hydrogen-bond donors (Lipinski definition) is 3. The highest BCUT2D eigenvalue weighted by atomic mass is 35.5. The number of ether oxygens (including phenoxy) is 2. The second kappa shape index (κ2) is 11.1. The van der Waals surface area contributed by atoms with Crippen molar-refractivity contribution in [3.63, 3.8) is 0 Å². The van der Waals surface area contributed by atoms with E-state index in [1.54, 1.807) is 30.5 Å². The van der Waals surface area contributed by atoms with Crippen molar-refractivity contribution in [2.45, 2.75) is 51.7 Å². The Balaban J connectivity index is 1.55. The van der Waals surface area contributed by atoms with Gasteiger partial charge in [0.05, 0.1) is 46.4 Å². The summed E-state index contributed by atoms with van der Waals surface area (Å²) in [5.41, 5.74) is 4.13. The lowest BCUT2D eigenvalue weighted by atomic mass is 10.0. The Kier molecular flexibility index (Phi) is 7.63. The Morgan fingerprint density at radius 1 is 1.27 bits per heavy atom. The number of pyridine rings is 1. The van der Waals surface area contributed by atoms with Crippen LogP contribution in [0, 0.1) is 11.8 Å². The van der Waals surface area contributed by atoms with Crippen LogP contribution < -0.4 is 15.4 Å². The minimum absolute atomic E-state index is 0.173. The maximum absolute atomic E-state index is 13.0. The lowest BCUT2D eigenvalue weighted by Crippen LogP contribution is -2.39. The molecule has 2 amide bonds. The number of aromatic nitrogens is 2. The fraction of sp³-hybridized carbons (Fsp3) is 0.367. The first-order valence-corrected chi connectivity index (χ1v) is 13.6. The van der Waals surface area contributed by atoms with Crippen LogP contribution in [0.2, 0.25) is 5.02 Å². The number of rotatable bonds is 4. The summed E-state index contributed by atoms with van der Waals surface area (Å²) in [5.74, 6) is 6.83. The minimum atomic E-state index is -0.581. The third-order valence-electron chi connectivity index (χ3n) is 6.74. The molecule has 4 heterocycles. The number of halogens is 1. The van der Waals surface area contributed by atoms with Crippen LogP contribution in [0.15, 0.2) is 36.7 Å². The van der Waals surface area contributed by atoms with Crippen LogP contribution in [0.25, 0.3) is 11.3 Å². The van der Waals surface area contributed by atoms with E-state index in [0.717, 1.165) is 24.1 Å². The van der Waals surface area contributed by atoms with Crippen LogP contribution in [0.5, 0.6) is 5.75 Å². The molecule has 0 spiro atoms. The average molecular weight is 562 g/mol. The molecular formula is C30H32ClN5O4. The predicted octanol–water partition coefficient (Wildman–Crippen LogP) is 5.52. The van der Waals surface area contributed by atoms with E-state index in [2.05, 4.69) is 32.4 Å². The number of likely N-dealkylation sites (tertiary alicyclic amines) is 1. The molecule has 1 fully saturated rings. The van der Waals surface area contributed by atoms with E-state index in [-0.39, 0.29) is 18.0 Å². The van der Waals surface area contributed by atoms with Crippen molar-refractivity contribution in [1.29, 1.82) is 0 Å². The maximum atomic E-state index is 13.0. The number of amides is 2. The number of fused-ring (bicyclic) bond motifs is 1. The van der Waals surface area contributed by atoms with Crippen LogP contribution in [0.4, 0.5) is 16.2 Å². The first-order chi connectivity index (χ1) is 19.2. The number of nitrogens with zero attached hydrogens (tertiary/aromatic N) is 2. The van der Waals surface area contributed by atoms with Gasteiger partial charge in [-0.3, -0.25) is 14.7 Å². The molecule has 3 N–H and O–H groups in total. The zero-order valence-electron chi connectivity index (χ0n) is 23.0. The Hall–Kier alpha value is -4.16. The van der Waals surface area contributed by atoms with Gasteiger partial charge < -0.3 is 25.1 Å². The molecular weight excluding hydrogens is 530 g/mol. The van der Waals surface area contributed by atoms with Gasteiger partial charge in [0.15, 0.2) is 5.75 Å². The molecule has 208 valence electrons. The maximum Gasteiger partial charge on any atom is 0.411 e. The van der Waals surface area contributed by atoms with Crippen molar-refractivity contribution < 1.29 is 19.1 Å². The minimum Gasteiger partial charge on any atom is -0.493 e. The van der Waals surface area contributed by atoms with E-state index in [9.17, 15) is 9.59 Å². The first kappa shape index (κ1) is 27.4. The summed E-state index contributed by atoms with van der Waals surface area (Å²) in [4.78, 5) is 35.2. The molecule has 3 aromatic rings. The highest BCUT2D eigenvalue weighted by Gasteiger charge is 2.32. The fourth-order valence-corrected chi connectivity index (χ4v) is 5.24. The molecule has 0 radical (unpaired) electrons. The van der Waals surface area contributed by atoms with Gasteiger partial charge in [-0.25, -0.2) is 4.79 Å². The van der Waals surface area contributed by atoms with E-state index < -0.39 is 5.60 Å². The second-order valence-corrected chi connectivity index (χ2v) is 11.1. The number of methoxy groups -OCH3 is 1. The zero-order valence-corrected chi connectivity index (χ0v) is 23.7. The highest BCUT2D eigenvalue weighted by Crippen LogP contribution is 2.41. The van der Waals surface area contributed by atoms with Gasteiger partial charge in [-0.15, -0.1) is 0 Å². The number of benzene rings is 1. The molecule has 0 saturated carbocycles. The van der Waals surface area contributed by atoms with E-state index in [0.29, 0.717) is 58.5 Å². The van der Waals surface area contributed by atoms with Crippen molar-refractivity contribution in [1.82, 2.24) is 20.2 Å². The number of nitrogens with one attached hydrogen (secondary N) is 3. The summed E-state index contributed by atoms with van der Waals surface area (Å²) in [5, 5.41) is 6.78. The van der Waals surface area contributed by atoms with Gasteiger partial charge in [0.25, 0.3) is 5.91 Å². The van der Waals surface area contributed by atoms with E-state index >= 15 is 0 Å². The van der Waals surface area contributed by atoms with Gasteiger partial charge in [-0.05, 0) is 51.8 Å². The molecule has 0 aliphatic carbocycles. The Morgan fingerprint density at radius 3 is 2.88 bits per heavy atom. The molecule has 10 heteroatoms. The molecule has 40 heavy (non-hydrogen) atoms. The quantitative estimate of drug-likeness (QED) is 0.362. The Labute approximate surface area is 238 Å². The number of aromatic amines is 1. The smallest absolute Gasteiger partial charge is 0.411 e. The largest absolute Gasteiger partial charge is 0.493 e. The van der Waals surface area contributed by atoms with Crippen molar-refractivity contribution in [3.05, 3.63) is 58.5 Å². The molecule has 2 aliphatic rings. The van der Waals surface area contributed by atoms with Gasteiger partial charge >= 0.3 is 6.09 Å². The first-order valence-electron chi connectivity index (χ1n) is 13.2. The molecule has 1 aromatic carbocycles. The van der Waals surface area contributed by atoms with Crippen LogP contribution in [0.1, 0.15) is 55.2 Å². The summed E-state index contributed by atoms with van der Waals surface area (Å²) in [6.07, 6.45) is 5.29. The normalized spacial score (nSPS) is 16.5. The monoisotopic (exact) mass is 561 g/mol. The van der Waals surface area contributed by atoms with Crippen molar-refractivity contribution in [3.8, 4) is 28.8 Å². The van der Waals surface area contributed by atoms with Crippen LogP contribution in [-0.4, -0.2) is 58.7 Å². The van der Waals surface area contributed by atoms with Gasteiger partial charge in [0.2, 0.25) is 0 Å². The Bertz CT molecular complexity index is 1510. The van der Waals surface area contributed by atoms with Gasteiger partial charge in [0.1, 0.15) is 5.60 Å².